The van der Waals surface area contributed by atoms with Crippen molar-refractivity contribution in [3.8, 4) is 17.1 Å². The molecule has 0 aliphatic heterocycles. The molecular weight excluding hydrogens is 292 g/mol. The van der Waals surface area contributed by atoms with Crippen LogP contribution in [0.1, 0.15) is 43.9 Å². The molecule has 3 rings (SSSR count). The number of benzene rings is 2. The molecule has 0 saturated heterocycles. The van der Waals surface area contributed by atoms with Crippen molar-refractivity contribution in [2.45, 2.75) is 46.0 Å². The van der Waals surface area contributed by atoms with Gasteiger partial charge >= 0.3 is 0 Å². The molecule has 0 aliphatic rings. The highest BCUT2D eigenvalue weighted by molar-refractivity contribution is 5.59. The first kappa shape index (κ1) is 16.5. The Morgan fingerprint density at radius 2 is 1.62 bits per heavy atom. The Bertz CT molecular complexity index is 754. The molecule has 2 heteroatoms. The van der Waals surface area contributed by atoms with Crippen molar-refractivity contribution in [3.63, 3.8) is 0 Å². The first-order valence-electron chi connectivity index (χ1n) is 8.98. The molecule has 0 bridgehead atoms. The van der Waals surface area contributed by atoms with Gasteiger partial charge in [-0.05, 0) is 31.9 Å². The predicted molar refractivity (Wildman–Crippen MR) is 102 cm³/mol. The monoisotopic (exact) mass is 318 g/mol. The molecule has 2 nitrogen and oxygen atoms in total. The van der Waals surface area contributed by atoms with Crippen LogP contribution in [0.15, 0.2) is 60.8 Å². The van der Waals surface area contributed by atoms with E-state index in [2.05, 4.69) is 66.9 Å². The van der Waals surface area contributed by atoms with Crippen molar-refractivity contribution in [1.82, 2.24) is 9.55 Å². The summed E-state index contributed by atoms with van der Waals surface area (Å²) in [6.07, 6.45) is 8.22. The van der Waals surface area contributed by atoms with Gasteiger partial charge in [0.15, 0.2) is 0 Å². The minimum Gasteiger partial charge on any atom is -0.297 e. The second-order valence-corrected chi connectivity index (χ2v) is 6.42. The Morgan fingerprint density at radius 1 is 0.875 bits per heavy atom. The Hall–Kier alpha value is -2.35. The topological polar surface area (TPSA) is 17.8 Å². The van der Waals surface area contributed by atoms with Gasteiger partial charge in [0.05, 0.1) is 0 Å². The first-order valence-corrected chi connectivity index (χ1v) is 8.98. The summed E-state index contributed by atoms with van der Waals surface area (Å²) >= 11 is 0. The molecular formula is C22H26N2. The Morgan fingerprint density at radius 3 is 2.33 bits per heavy atom. The molecule has 0 fully saturated rings. The van der Waals surface area contributed by atoms with E-state index in [4.69, 9.17) is 4.98 Å². The van der Waals surface area contributed by atoms with E-state index in [9.17, 15) is 0 Å². The zero-order chi connectivity index (χ0) is 16.8. The van der Waals surface area contributed by atoms with Crippen molar-refractivity contribution in [3.05, 3.63) is 72.1 Å². The highest BCUT2D eigenvalue weighted by atomic mass is 15.1. The molecule has 0 N–H and O–H groups in total. The fourth-order valence-electron chi connectivity index (χ4n) is 3.07. The Kier molecular flexibility index (Phi) is 5.47. The van der Waals surface area contributed by atoms with E-state index < -0.39 is 0 Å². The lowest BCUT2D eigenvalue weighted by atomic mass is 10.1. The normalized spacial score (nSPS) is 10.9. The van der Waals surface area contributed by atoms with E-state index in [-0.39, 0.29) is 0 Å². The molecule has 24 heavy (non-hydrogen) atoms. The molecule has 0 amide bonds. The minimum atomic E-state index is 1.03. The second-order valence-electron chi connectivity index (χ2n) is 6.42. The third kappa shape index (κ3) is 3.76. The van der Waals surface area contributed by atoms with Gasteiger partial charge in [-0.2, -0.15) is 0 Å². The van der Waals surface area contributed by atoms with Gasteiger partial charge in [-0.15, -0.1) is 0 Å². The van der Waals surface area contributed by atoms with E-state index in [1.807, 2.05) is 12.3 Å². The summed E-state index contributed by atoms with van der Waals surface area (Å²) < 4.78 is 2.32. The van der Waals surface area contributed by atoms with Crippen molar-refractivity contribution in [2.24, 2.45) is 0 Å². The molecule has 0 unspecified atom stereocenters. The number of rotatable bonds is 7. The van der Waals surface area contributed by atoms with Crippen LogP contribution in [0.4, 0.5) is 0 Å². The summed E-state index contributed by atoms with van der Waals surface area (Å²) in [4.78, 5) is 4.75. The van der Waals surface area contributed by atoms with Crippen molar-refractivity contribution in [2.75, 3.05) is 0 Å². The van der Waals surface area contributed by atoms with Gasteiger partial charge in [0, 0.05) is 23.1 Å². The van der Waals surface area contributed by atoms with Gasteiger partial charge in [-0.1, -0.05) is 74.2 Å². The number of hydrogen-bond acceptors (Lipinski definition) is 1. The van der Waals surface area contributed by atoms with Crippen LogP contribution in [0.2, 0.25) is 0 Å². The third-order valence-corrected chi connectivity index (χ3v) is 4.45. The zero-order valence-electron chi connectivity index (χ0n) is 14.7. The summed E-state index contributed by atoms with van der Waals surface area (Å²) in [5, 5.41) is 0. The lowest BCUT2D eigenvalue weighted by Crippen LogP contribution is -2.03. The highest BCUT2D eigenvalue weighted by Gasteiger charge is 2.13. The maximum Gasteiger partial charge on any atom is 0.144 e. The predicted octanol–water partition coefficient (Wildman–Crippen LogP) is 5.97. The van der Waals surface area contributed by atoms with Gasteiger partial charge < -0.3 is 0 Å². The number of hydrogen-bond donors (Lipinski definition) is 0. The van der Waals surface area contributed by atoms with Crippen molar-refractivity contribution >= 4 is 0 Å². The quantitative estimate of drug-likeness (QED) is 0.491. The van der Waals surface area contributed by atoms with Gasteiger partial charge in [0.25, 0.3) is 0 Å². The highest BCUT2D eigenvalue weighted by Crippen LogP contribution is 2.25. The number of aromatic nitrogens is 2. The fraction of sp³-hybridized carbons (Fsp3) is 0.318. The zero-order valence-corrected chi connectivity index (χ0v) is 14.7. The van der Waals surface area contributed by atoms with E-state index in [1.165, 1.54) is 42.6 Å². The molecule has 0 radical (unpaired) electrons. The summed E-state index contributed by atoms with van der Waals surface area (Å²) in [7, 11) is 0. The van der Waals surface area contributed by atoms with E-state index >= 15 is 0 Å². The molecule has 124 valence electrons. The van der Waals surface area contributed by atoms with Crippen LogP contribution in [-0.4, -0.2) is 9.55 Å². The second kappa shape index (κ2) is 7.96. The Labute approximate surface area is 145 Å². The molecule has 0 spiro atoms. The number of imidazole rings is 1. The first-order chi connectivity index (χ1) is 11.8. The summed E-state index contributed by atoms with van der Waals surface area (Å²) in [6, 6.07) is 19.2. The van der Waals surface area contributed by atoms with Crippen LogP contribution in [0, 0.1) is 6.92 Å². The van der Waals surface area contributed by atoms with Crippen LogP contribution >= 0.6 is 0 Å². The van der Waals surface area contributed by atoms with Crippen LogP contribution in [-0.2, 0) is 6.42 Å². The van der Waals surface area contributed by atoms with Crippen LogP contribution in [0.5, 0.6) is 0 Å². The van der Waals surface area contributed by atoms with E-state index in [0.29, 0.717) is 0 Å². The number of nitrogens with zero attached hydrogens (tertiary/aromatic N) is 2. The van der Waals surface area contributed by atoms with Gasteiger partial charge in [-0.25, -0.2) is 4.98 Å². The average molecular weight is 318 g/mol. The Balaban J connectivity index is 1.97. The fourth-order valence-corrected chi connectivity index (χ4v) is 3.07. The lowest BCUT2D eigenvalue weighted by molar-refractivity contribution is 0.656. The van der Waals surface area contributed by atoms with E-state index in [1.54, 1.807) is 0 Å². The molecule has 3 aromatic rings. The number of unbranched alkanes of at least 4 members (excludes halogenated alkanes) is 3. The van der Waals surface area contributed by atoms with Crippen molar-refractivity contribution in [1.29, 1.82) is 0 Å². The van der Waals surface area contributed by atoms with Crippen LogP contribution in [0.3, 0.4) is 0 Å². The minimum absolute atomic E-state index is 1.03. The number of aryl methyl sites for hydroxylation is 2. The summed E-state index contributed by atoms with van der Waals surface area (Å²) in [6.45, 7) is 4.38. The molecule has 1 aromatic heterocycles. The third-order valence-electron chi connectivity index (χ3n) is 4.45. The maximum atomic E-state index is 4.75. The van der Waals surface area contributed by atoms with Gasteiger partial charge in [0.2, 0.25) is 0 Å². The van der Waals surface area contributed by atoms with Crippen LogP contribution < -0.4 is 0 Å². The lowest BCUT2D eigenvalue weighted by Gasteiger charge is -2.13. The van der Waals surface area contributed by atoms with Crippen molar-refractivity contribution < 1.29 is 0 Å². The van der Waals surface area contributed by atoms with E-state index in [0.717, 1.165) is 17.8 Å². The van der Waals surface area contributed by atoms with Crippen LogP contribution in [0.25, 0.3) is 17.1 Å². The molecule has 1 heterocycles. The molecule has 0 atom stereocenters. The average Bonchev–Trinajstić information content (AvgIpc) is 3.04. The largest absolute Gasteiger partial charge is 0.297 e. The molecule has 0 aliphatic carbocycles. The summed E-state index contributed by atoms with van der Waals surface area (Å²) in [5.41, 5.74) is 4.94. The standard InChI is InChI=1S/C22H26N2/c1-3-4-5-9-12-21-17-23-22(19-10-7-6-8-11-19)24(21)20-15-13-18(2)14-16-20/h6-8,10-11,13-17H,3-5,9,12H2,1-2H3. The summed E-state index contributed by atoms with van der Waals surface area (Å²) in [5.74, 6) is 1.03. The van der Waals surface area contributed by atoms with Gasteiger partial charge in [-0.3, -0.25) is 4.57 Å². The van der Waals surface area contributed by atoms with Gasteiger partial charge in [0.1, 0.15) is 5.82 Å². The maximum absolute atomic E-state index is 4.75. The smallest absolute Gasteiger partial charge is 0.144 e. The SMILES string of the molecule is CCCCCCc1cnc(-c2ccccc2)n1-c1ccc(C)cc1. The molecule has 0 saturated carbocycles. The molecule has 2 aromatic carbocycles.